The Labute approximate surface area is 116 Å². The van der Waals surface area contributed by atoms with Gasteiger partial charge in [-0.25, -0.2) is 15.8 Å². The van der Waals surface area contributed by atoms with Crippen molar-refractivity contribution in [3.63, 3.8) is 0 Å². The van der Waals surface area contributed by atoms with Crippen molar-refractivity contribution in [3.05, 3.63) is 52.5 Å². The SMILES string of the molecule is Cc1ccccc1Cc1nc2c(c(NN)n1)CSC2. The highest BCUT2D eigenvalue weighted by Gasteiger charge is 2.19. The van der Waals surface area contributed by atoms with Crippen LogP contribution >= 0.6 is 11.8 Å². The minimum absolute atomic E-state index is 0.749. The molecule has 98 valence electrons. The van der Waals surface area contributed by atoms with Crippen molar-refractivity contribution in [1.82, 2.24) is 9.97 Å². The quantitative estimate of drug-likeness (QED) is 0.663. The molecule has 1 aromatic heterocycles. The molecule has 0 saturated carbocycles. The van der Waals surface area contributed by atoms with Gasteiger partial charge in [-0.2, -0.15) is 11.8 Å². The summed E-state index contributed by atoms with van der Waals surface area (Å²) in [7, 11) is 0. The number of nitrogens with two attached hydrogens (primary N) is 1. The molecule has 4 nitrogen and oxygen atoms in total. The van der Waals surface area contributed by atoms with Gasteiger partial charge < -0.3 is 5.43 Å². The Kier molecular flexibility index (Phi) is 3.40. The molecule has 1 aromatic carbocycles. The third-order valence-corrected chi connectivity index (χ3v) is 4.34. The van der Waals surface area contributed by atoms with E-state index in [2.05, 4.69) is 34.5 Å². The number of rotatable bonds is 3. The number of aromatic nitrogens is 2. The Balaban J connectivity index is 1.96. The summed E-state index contributed by atoms with van der Waals surface area (Å²) in [6.07, 6.45) is 0.749. The highest BCUT2D eigenvalue weighted by Crippen LogP contribution is 2.32. The number of nitrogen functional groups attached to an aromatic ring is 1. The zero-order valence-corrected chi connectivity index (χ0v) is 11.6. The molecule has 2 aromatic rings. The van der Waals surface area contributed by atoms with E-state index in [1.807, 2.05) is 23.9 Å². The van der Waals surface area contributed by atoms with Crippen LogP contribution in [0.15, 0.2) is 24.3 Å². The standard InChI is InChI=1S/C14H16N4S/c1-9-4-2-3-5-10(9)6-13-16-12-8-19-7-11(12)14(17-13)18-15/h2-5H,6-8,15H2,1H3,(H,16,17,18). The van der Waals surface area contributed by atoms with E-state index in [0.717, 1.165) is 40.8 Å². The molecular formula is C14H16N4S. The predicted octanol–water partition coefficient (Wildman–Crippen LogP) is 2.41. The molecule has 3 rings (SSSR count). The molecular weight excluding hydrogens is 256 g/mol. The fraction of sp³-hybridized carbons (Fsp3) is 0.286. The van der Waals surface area contributed by atoms with Crippen molar-refractivity contribution >= 4 is 17.6 Å². The Morgan fingerprint density at radius 2 is 2.11 bits per heavy atom. The molecule has 3 N–H and O–H groups in total. The molecule has 0 bridgehead atoms. The maximum atomic E-state index is 5.57. The normalized spacial score (nSPS) is 13.4. The molecule has 0 radical (unpaired) electrons. The molecule has 19 heavy (non-hydrogen) atoms. The second-order valence-corrected chi connectivity index (χ2v) is 5.64. The second-order valence-electron chi connectivity index (χ2n) is 4.65. The van der Waals surface area contributed by atoms with Crippen LogP contribution in [-0.2, 0) is 17.9 Å². The van der Waals surface area contributed by atoms with Gasteiger partial charge in [0.1, 0.15) is 11.6 Å². The molecule has 0 atom stereocenters. The average Bonchev–Trinajstić information content (AvgIpc) is 2.89. The molecule has 0 amide bonds. The van der Waals surface area contributed by atoms with E-state index in [0.29, 0.717) is 0 Å². The summed E-state index contributed by atoms with van der Waals surface area (Å²) in [6, 6.07) is 8.33. The number of hydrazine groups is 1. The van der Waals surface area contributed by atoms with Gasteiger partial charge >= 0.3 is 0 Å². The Morgan fingerprint density at radius 1 is 1.26 bits per heavy atom. The minimum Gasteiger partial charge on any atom is -0.308 e. The number of aryl methyl sites for hydroxylation is 1. The van der Waals surface area contributed by atoms with E-state index in [9.17, 15) is 0 Å². The molecule has 5 heteroatoms. The van der Waals surface area contributed by atoms with Crippen LogP contribution in [0.25, 0.3) is 0 Å². The van der Waals surface area contributed by atoms with Gasteiger partial charge in [0.2, 0.25) is 0 Å². The summed E-state index contributed by atoms with van der Waals surface area (Å²) in [5.41, 5.74) is 7.51. The van der Waals surface area contributed by atoms with Crippen LogP contribution in [0.2, 0.25) is 0 Å². The van der Waals surface area contributed by atoms with E-state index in [-0.39, 0.29) is 0 Å². The first-order valence-corrected chi connectivity index (χ1v) is 7.41. The van der Waals surface area contributed by atoms with Gasteiger partial charge in [-0.15, -0.1) is 0 Å². The lowest BCUT2D eigenvalue weighted by atomic mass is 10.1. The number of anilines is 1. The molecule has 2 heterocycles. The fourth-order valence-electron chi connectivity index (χ4n) is 2.28. The van der Waals surface area contributed by atoms with Crippen molar-refractivity contribution in [2.75, 3.05) is 5.43 Å². The summed E-state index contributed by atoms with van der Waals surface area (Å²) >= 11 is 1.85. The lowest BCUT2D eigenvalue weighted by Gasteiger charge is -2.10. The molecule has 0 fully saturated rings. The van der Waals surface area contributed by atoms with E-state index in [1.54, 1.807) is 0 Å². The van der Waals surface area contributed by atoms with Crippen LogP contribution in [0.1, 0.15) is 28.2 Å². The maximum Gasteiger partial charge on any atom is 0.148 e. The first-order chi connectivity index (χ1) is 9.28. The molecule has 0 spiro atoms. The summed E-state index contributed by atoms with van der Waals surface area (Å²) in [5.74, 6) is 9.07. The van der Waals surface area contributed by atoms with Crippen LogP contribution in [0.3, 0.4) is 0 Å². The number of fused-ring (bicyclic) bond motifs is 1. The third kappa shape index (κ3) is 2.43. The van der Waals surface area contributed by atoms with Gasteiger partial charge in [-0.1, -0.05) is 24.3 Å². The Morgan fingerprint density at radius 3 is 2.89 bits per heavy atom. The summed E-state index contributed by atoms with van der Waals surface area (Å²) < 4.78 is 0. The molecule has 1 aliphatic rings. The van der Waals surface area contributed by atoms with E-state index < -0.39 is 0 Å². The molecule has 0 aliphatic carbocycles. The van der Waals surface area contributed by atoms with Gasteiger partial charge in [0, 0.05) is 23.5 Å². The lowest BCUT2D eigenvalue weighted by molar-refractivity contribution is 0.921. The fourth-order valence-corrected chi connectivity index (χ4v) is 3.32. The maximum absolute atomic E-state index is 5.57. The monoisotopic (exact) mass is 272 g/mol. The number of thioether (sulfide) groups is 1. The molecule has 1 aliphatic heterocycles. The van der Waals surface area contributed by atoms with Crippen molar-refractivity contribution in [3.8, 4) is 0 Å². The number of hydrogen-bond donors (Lipinski definition) is 2. The highest BCUT2D eigenvalue weighted by molar-refractivity contribution is 7.98. The van der Waals surface area contributed by atoms with E-state index in [4.69, 9.17) is 5.84 Å². The van der Waals surface area contributed by atoms with Crippen molar-refractivity contribution < 1.29 is 0 Å². The van der Waals surface area contributed by atoms with Crippen LogP contribution < -0.4 is 11.3 Å². The predicted molar refractivity (Wildman–Crippen MR) is 78.8 cm³/mol. The second kappa shape index (κ2) is 5.19. The Hall–Kier alpha value is -1.59. The molecule has 0 saturated heterocycles. The highest BCUT2D eigenvalue weighted by atomic mass is 32.2. The van der Waals surface area contributed by atoms with Crippen LogP contribution in [0.5, 0.6) is 0 Å². The van der Waals surface area contributed by atoms with Gasteiger partial charge in [0.05, 0.1) is 5.69 Å². The average molecular weight is 272 g/mol. The number of nitrogens with zero attached hydrogens (tertiary/aromatic N) is 2. The largest absolute Gasteiger partial charge is 0.308 e. The Bertz CT molecular complexity index is 612. The van der Waals surface area contributed by atoms with Crippen LogP contribution in [0.4, 0.5) is 5.82 Å². The topological polar surface area (TPSA) is 63.8 Å². The van der Waals surface area contributed by atoms with Crippen molar-refractivity contribution in [2.45, 2.75) is 24.9 Å². The smallest absolute Gasteiger partial charge is 0.148 e. The first kappa shape index (κ1) is 12.4. The summed E-state index contributed by atoms with van der Waals surface area (Å²) in [5, 5.41) is 0. The first-order valence-electron chi connectivity index (χ1n) is 6.25. The van der Waals surface area contributed by atoms with Crippen molar-refractivity contribution in [1.29, 1.82) is 0 Å². The summed E-state index contributed by atoms with van der Waals surface area (Å²) in [4.78, 5) is 9.21. The number of benzene rings is 1. The third-order valence-electron chi connectivity index (χ3n) is 3.37. The van der Waals surface area contributed by atoms with Gasteiger partial charge in [0.15, 0.2) is 0 Å². The zero-order chi connectivity index (χ0) is 13.2. The molecule has 0 unspecified atom stereocenters. The van der Waals surface area contributed by atoms with E-state index >= 15 is 0 Å². The van der Waals surface area contributed by atoms with Crippen LogP contribution in [0, 0.1) is 6.92 Å². The van der Waals surface area contributed by atoms with Gasteiger partial charge in [0.25, 0.3) is 0 Å². The van der Waals surface area contributed by atoms with Crippen LogP contribution in [-0.4, -0.2) is 9.97 Å². The number of hydrogen-bond acceptors (Lipinski definition) is 5. The summed E-state index contributed by atoms with van der Waals surface area (Å²) in [6.45, 7) is 2.11. The van der Waals surface area contributed by atoms with Gasteiger partial charge in [-0.05, 0) is 18.1 Å². The minimum atomic E-state index is 0.749. The number of nitrogens with one attached hydrogen (secondary N) is 1. The zero-order valence-electron chi connectivity index (χ0n) is 10.8. The lowest BCUT2D eigenvalue weighted by Crippen LogP contribution is -2.14. The van der Waals surface area contributed by atoms with Gasteiger partial charge in [-0.3, -0.25) is 0 Å². The van der Waals surface area contributed by atoms with E-state index in [1.165, 1.54) is 11.1 Å². The van der Waals surface area contributed by atoms with Crippen molar-refractivity contribution in [2.24, 2.45) is 5.84 Å².